The number of imidazole rings is 1. The molecule has 0 bridgehead atoms. The van der Waals surface area contributed by atoms with Crippen LogP contribution in [0.5, 0.6) is 5.75 Å². The van der Waals surface area contributed by atoms with Crippen LogP contribution in [0, 0.1) is 11.7 Å². The minimum atomic E-state index is 0.745. The quantitative estimate of drug-likeness (QED) is 0.754. The highest BCUT2D eigenvalue weighted by molar-refractivity contribution is 7.71. The summed E-state index contributed by atoms with van der Waals surface area (Å²) in [5.41, 5.74) is 4.30. The van der Waals surface area contributed by atoms with E-state index in [9.17, 15) is 0 Å². The van der Waals surface area contributed by atoms with E-state index in [-0.39, 0.29) is 0 Å². The molecule has 0 amide bonds. The molecule has 0 aliphatic carbocycles. The zero-order chi connectivity index (χ0) is 15.0. The summed E-state index contributed by atoms with van der Waals surface area (Å²) < 4.78 is 9.91. The summed E-state index contributed by atoms with van der Waals surface area (Å²) in [6, 6.07) is 8.13. The van der Waals surface area contributed by atoms with Crippen LogP contribution in [-0.2, 0) is 20.0 Å². The largest absolute Gasteiger partial charge is 0.497 e. The minimum Gasteiger partial charge on any atom is -0.497 e. The van der Waals surface area contributed by atoms with Crippen molar-refractivity contribution < 1.29 is 4.74 Å². The van der Waals surface area contributed by atoms with E-state index in [1.165, 1.54) is 5.56 Å². The molecule has 3 aromatic rings. The van der Waals surface area contributed by atoms with Gasteiger partial charge in [-0.15, -0.1) is 0 Å². The molecule has 0 unspecified atom stereocenters. The normalized spacial score (nSPS) is 11.2. The fourth-order valence-corrected chi connectivity index (χ4v) is 2.89. The number of methoxy groups -OCH3 is 1. The van der Waals surface area contributed by atoms with Gasteiger partial charge >= 0.3 is 0 Å². The van der Waals surface area contributed by atoms with Crippen LogP contribution in [0.15, 0.2) is 24.3 Å². The van der Waals surface area contributed by atoms with Gasteiger partial charge in [-0.1, -0.05) is 12.1 Å². The van der Waals surface area contributed by atoms with Gasteiger partial charge in [-0.3, -0.25) is 4.68 Å². The Morgan fingerprint density at radius 2 is 2.00 bits per heavy atom. The van der Waals surface area contributed by atoms with E-state index in [2.05, 4.69) is 26.8 Å². The molecule has 2 heterocycles. The number of H-pyrrole nitrogens is 1. The fraction of sp³-hybridized carbons (Fsp3) is 0.333. The van der Waals surface area contributed by atoms with Gasteiger partial charge in [0.05, 0.1) is 12.8 Å². The first kappa shape index (κ1) is 13.9. The second-order valence-corrected chi connectivity index (χ2v) is 5.47. The van der Waals surface area contributed by atoms with E-state index in [0.717, 1.165) is 40.3 Å². The number of rotatable bonds is 4. The Kier molecular flexibility index (Phi) is 3.55. The molecule has 3 rings (SSSR count). The molecule has 5 nitrogen and oxygen atoms in total. The lowest BCUT2D eigenvalue weighted by molar-refractivity contribution is 0.414. The highest BCUT2D eigenvalue weighted by Crippen LogP contribution is 2.18. The molecule has 1 aromatic carbocycles. The van der Waals surface area contributed by atoms with Crippen molar-refractivity contribution in [2.75, 3.05) is 7.11 Å². The van der Waals surface area contributed by atoms with Crippen LogP contribution >= 0.6 is 12.2 Å². The number of nitrogens with zero attached hydrogens (tertiary/aromatic N) is 3. The van der Waals surface area contributed by atoms with Crippen molar-refractivity contribution >= 4 is 23.4 Å². The maximum atomic E-state index is 5.43. The van der Waals surface area contributed by atoms with E-state index in [1.807, 2.05) is 30.8 Å². The van der Waals surface area contributed by atoms with E-state index in [4.69, 9.17) is 17.0 Å². The van der Waals surface area contributed by atoms with Gasteiger partial charge in [0.15, 0.2) is 10.4 Å². The highest BCUT2D eigenvalue weighted by atomic mass is 32.1. The molecule has 1 N–H and O–H groups in total. The molecule has 0 fully saturated rings. The predicted molar refractivity (Wildman–Crippen MR) is 85.3 cm³/mol. The summed E-state index contributed by atoms with van der Waals surface area (Å²) in [4.78, 5) is 3.25. The van der Waals surface area contributed by atoms with Crippen LogP contribution in [0.25, 0.3) is 11.2 Å². The van der Waals surface area contributed by atoms with Gasteiger partial charge < -0.3 is 14.3 Å². The summed E-state index contributed by atoms with van der Waals surface area (Å²) in [6.45, 7) is 2.81. The lowest BCUT2D eigenvalue weighted by atomic mass is 10.1. The summed E-state index contributed by atoms with van der Waals surface area (Å²) in [7, 11) is 3.62. The molecule has 0 aliphatic rings. The monoisotopic (exact) mass is 302 g/mol. The smallest absolute Gasteiger partial charge is 0.179 e. The van der Waals surface area contributed by atoms with Gasteiger partial charge in [0, 0.05) is 13.6 Å². The maximum absolute atomic E-state index is 5.43. The summed E-state index contributed by atoms with van der Waals surface area (Å²) in [6.07, 6.45) is 0.912. The predicted octanol–water partition coefficient (Wildman–Crippen LogP) is 2.99. The summed E-state index contributed by atoms with van der Waals surface area (Å²) >= 11 is 5.43. The number of hydrogen-bond donors (Lipinski definition) is 1. The molecular formula is C15H18N4OS. The molecular weight excluding hydrogens is 284 g/mol. The van der Waals surface area contributed by atoms with Crippen LogP contribution in [0.3, 0.4) is 0 Å². The van der Waals surface area contributed by atoms with E-state index >= 15 is 0 Å². The number of fused-ring (bicyclic) bond motifs is 1. The first-order chi connectivity index (χ1) is 10.1. The average molecular weight is 302 g/mol. The van der Waals surface area contributed by atoms with Crippen molar-refractivity contribution in [3.63, 3.8) is 0 Å². The van der Waals surface area contributed by atoms with E-state index < -0.39 is 0 Å². The van der Waals surface area contributed by atoms with Crippen molar-refractivity contribution in [2.45, 2.75) is 19.9 Å². The molecule has 110 valence electrons. The van der Waals surface area contributed by atoms with Crippen molar-refractivity contribution in [2.24, 2.45) is 7.05 Å². The highest BCUT2D eigenvalue weighted by Gasteiger charge is 2.12. The number of hydrogen-bond acceptors (Lipinski definition) is 3. The summed E-state index contributed by atoms with van der Waals surface area (Å²) in [5, 5.41) is 4.43. The summed E-state index contributed by atoms with van der Waals surface area (Å²) in [5.74, 6) is 0.877. The third kappa shape index (κ3) is 2.47. The molecule has 0 spiro atoms. The number of ether oxygens (including phenoxy) is 1. The zero-order valence-electron chi connectivity index (χ0n) is 12.4. The Balaban J connectivity index is 1.87. The van der Waals surface area contributed by atoms with Crippen molar-refractivity contribution in [1.29, 1.82) is 0 Å². The third-order valence-electron chi connectivity index (χ3n) is 3.71. The van der Waals surface area contributed by atoms with Crippen molar-refractivity contribution in [3.05, 3.63) is 40.3 Å². The van der Waals surface area contributed by atoms with Crippen LogP contribution in [-0.4, -0.2) is 26.4 Å². The van der Waals surface area contributed by atoms with Gasteiger partial charge in [-0.25, -0.2) is 0 Å². The van der Waals surface area contributed by atoms with Gasteiger partial charge in [0.1, 0.15) is 11.3 Å². The topological polar surface area (TPSA) is 47.8 Å². The molecule has 2 aromatic heterocycles. The van der Waals surface area contributed by atoms with Crippen molar-refractivity contribution in [3.8, 4) is 5.75 Å². The number of benzene rings is 1. The van der Waals surface area contributed by atoms with Gasteiger partial charge in [-0.2, -0.15) is 5.10 Å². The Morgan fingerprint density at radius 3 is 2.67 bits per heavy atom. The van der Waals surface area contributed by atoms with Gasteiger partial charge in [-0.05, 0) is 43.3 Å². The molecule has 21 heavy (non-hydrogen) atoms. The molecule has 0 saturated heterocycles. The molecule has 0 atom stereocenters. The first-order valence-corrected chi connectivity index (χ1v) is 7.26. The Labute approximate surface area is 128 Å². The molecule has 0 aliphatic heterocycles. The SMILES string of the molecule is COc1ccc(CCn2c(=S)[nH]c3c(C)nn(C)c32)cc1. The standard InChI is InChI=1S/C15H18N4OS/c1-10-13-14(18(2)17-10)19(15(21)16-13)9-8-11-4-6-12(20-3)7-5-11/h4-7H,8-9H2,1-3H3,(H,16,21). The number of nitrogens with one attached hydrogen (secondary N) is 1. The molecule has 0 radical (unpaired) electrons. The number of aryl methyl sites for hydroxylation is 4. The average Bonchev–Trinajstić information content (AvgIpc) is 2.95. The van der Waals surface area contributed by atoms with Gasteiger partial charge in [0.25, 0.3) is 0 Å². The van der Waals surface area contributed by atoms with Gasteiger partial charge in [0.2, 0.25) is 0 Å². The first-order valence-electron chi connectivity index (χ1n) is 6.85. The lowest BCUT2D eigenvalue weighted by Crippen LogP contribution is -2.05. The number of aromatic amines is 1. The second kappa shape index (κ2) is 5.37. The van der Waals surface area contributed by atoms with E-state index in [1.54, 1.807) is 7.11 Å². The lowest BCUT2D eigenvalue weighted by Gasteiger charge is -2.06. The molecule has 0 saturated carbocycles. The second-order valence-electron chi connectivity index (χ2n) is 5.09. The third-order valence-corrected chi connectivity index (χ3v) is 4.03. The number of aromatic nitrogens is 4. The minimum absolute atomic E-state index is 0.745. The van der Waals surface area contributed by atoms with Crippen LogP contribution in [0.4, 0.5) is 0 Å². The molecule has 6 heteroatoms. The van der Waals surface area contributed by atoms with Crippen molar-refractivity contribution in [1.82, 2.24) is 19.3 Å². The van der Waals surface area contributed by atoms with Crippen LogP contribution in [0.1, 0.15) is 11.3 Å². The Morgan fingerprint density at radius 1 is 1.29 bits per heavy atom. The Hall–Kier alpha value is -2.08. The van der Waals surface area contributed by atoms with E-state index in [0.29, 0.717) is 0 Å². The Bertz CT molecular complexity index is 826. The fourth-order valence-electron chi connectivity index (χ4n) is 2.61. The van der Waals surface area contributed by atoms with Crippen LogP contribution in [0.2, 0.25) is 0 Å². The van der Waals surface area contributed by atoms with Crippen LogP contribution < -0.4 is 4.74 Å². The maximum Gasteiger partial charge on any atom is 0.179 e. The zero-order valence-corrected chi connectivity index (χ0v) is 13.2.